The average molecular weight is 541 g/mol. The van der Waals surface area contributed by atoms with Gasteiger partial charge in [-0.25, -0.2) is 0 Å². The third-order valence-electron chi connectivity index (χ3n) is 6.10. The molecule has 2 N–H and O–H groups in total. The van der Waals surface area contributed by atoms with E-state index in [1.54, 1.807) is 6.07 Å². The van der Waals surface area contributed by atoms with E-state index in [1.807, 2.05) is 36.4 Å². The number of nitrogens with one attached hydrogen (secondary N) is 1. The molecule has 1 atom stereocenters. The quantitative estimate of drug-likeness (QED) is 0.217. The van der Waals surface area contributed by atoms with Gasteiger partial charge in [0.05, 0.1) is 5.52 Å². The van der Waals surface area contributed by atoms with E-state index in [1.165, 1.54) is 36.4 Å². The van der Waals surface area contributed by atoms with Crippen molar-refractivity contribution in [3.8, 4) is 11.1 Å². The summed E-state index contributed by atoms with van der Waals surface area (Å²) < 4.78 is 41.4. The Labute approximate surface area is 222 Å². The summed E-state index contributed by atoms with van der Waals surface area (Å²) in [5, 5.41) is 11.9. The largest absolute Gasteiger partial charge is 0.481 e. The highest BCUT2D eigenvalue weighted by Crippen LogP contribution is 2.34. The van der Waals surface area contributed by atoms with Gasteiger partial charge in [0.15, 0.2) is 6.04 Å². The molecule has 1 aromatic heterocycles. The van der Waals surface area contributed by atoms with Gasteiger partial charge in [0.2, 0.25) is 0 Å². The summed E-state index contributed by atoms with van der Waals surface area (Å²) >= 11 is 5.81. The van der Waals surface area contributed by atoms with E-state index >= 15 is 0 Å². The van der Waals surface area contributed by atoms with Crippen molar-refractivity contribution in [1.29, 1.82) is 0 Å². The first-order valence-corrected chi connectivity index (χ1v) is 12.3. The number of hydrogen-bond donors (Lipinski definition) is 2. The fraction of sp³-hybridized carbons (Fsp3) is 0.207. The highest BCUT2D eigenvalue weighted by molar-refractivity contribution is 6.30. The van der Waals surface area contributed by atoms with Crippen LogP contribution in [0.2, 0.25) is 5.02 Å². The number of amides is 1. The predicted octanol–water partition coefficient (Wildman–Crippen LogP) is 7.39. The molecule has 0 radical (unpaired) electrons. The van der Waals surface area contributed by atoms with Crippen molar-refractivity contribution in [2.24, 2.45) is 0 Å². The zero-order valence-electron chi connectivity index (χ0n) is 20.1. The third kappa shape index (κ3) is 6.69. The van der Waals surface area contributed by atoms with Crippen LogP contribution in [0.25, 0.3) is 22.0 Å². The van der Waals surface area contributed by atoms with Crippen LogP contribution < -0.4 is 5.32 Å². The van der Waals surface area contributed by atoms with Crippen LogP contribution in [0.3, 0.4) is 0 Å². The number of carbonyl (C=O) groups excluding carboxylic acids is 1. The molecular formula is C29H24ClF3N2O3. The number of aliphatic carboxylic acids is 1. The number of carbonyl (C=O) groups is 2. The Morgan fingerprint density at radius 3 is 2.32 bits per heavy atom. The SMILES string of the molecule is O=C(O)CCCCc1nc2ccc(C(=O)NC(c3ccc(Cl)cc3)C(F)(F)F)cc2cc1-c1ccccc1. The van der Waals surface area contributed by atoms with Crippen LogP contribution in [-0.2, 0) is 11.2 Å². The molecule has 3 aromatic carbocycles. The van der Waals surface area contributed by atoms with E-state index < -0.39 is 24.1 Å². The van der Waals surface area contributed by atoms with Crippen LogP contribution in [0.15, 0.2) is 78.9 Å². The molecule has 0 saturated carbocycles. The molecule has 0 bridgehead atoms. The van der Waals surface area contributed by atoms with Gasteiger partial charge in [-0.3, -0.25) is 14.6 Å². The van der Waals surface area contributed by atoms with Gasteiger partial charge in [-0.2, -0.15) is 13.2 Å². The number of carboxylic acids is 1. The molecule has 0 saturated heterocycles. The first kappa shape index (κ1) is 27.1. The molecular weight excluding hydrogens is 517 g/mol. The van der Waals surface area contributed by atoms with Crippen LogP contribution in [0.4, 0.5) is 13.2 Å². The molecule has 38 heavy (non-hydrogen) atoms. The average Bonchev–Trinajstić information content (AvgIpc) is 2.89. The summed E-state index contributed by atoms with van der Waals surface area (Å²) in [5.74, 6) is -1.72. The van der Waals surface area contributed by atoms with Crippen molar-refractivity contribution in [3.63, 3.8) is 0 Å². The Morgan fingerprint density at radius 2 is 1.66 bits per heavy atom. The van der Waals surface area contributed by atoms with Crippen molar-refractivity contribution >= 4 is 34.4 Å². The fourth-order valence-corrected chi connectivity index (χ4v) is 4.33. The van der Waals surface area contributed by atoms with Crippen molar-refractivity contribution in [2.75, 3.05) is 0 Å². The Balaban J connectivity index is 1.65. The van der Waals surface area contributed by atoms with Gasteiger partial charge in [0.25, 0.3) is 5.91 Å². The van der Waals surface area contributed by atoms with Gasteiger partial charge in [0.1, 0.15) is 0 Å². The summed E-state index contributed by atoms with van der Waals surface area (Å²) in [4.78, 5) is 28.5. The number of carboxylic acid groups (broad SMARTS) is 1. The number of unbranched alkanes of at least 4 members (excludes halogenated alkanes) is 1. The zero-order chi connectivity index (χ0) is 27.3. The van der Waals surface area contributed by atoms with Gasteiger partial charge in [-0.05, 0) is 66.8 Å². The molecule has 0 spiro atoms. The second kappa shape index (κ2) is 11.6. The lowest BCUT2D eigenvalue weighted by atomic mass is 9.97. The van der Waals surface area contributed by atoms with Crippen molar-refractivity contribution < 1.29 is 27.9 Å². The zero-order valence-corrected chi connectivity index (χ0v) is 20.9. The smallest absolute Gasteiger partial charge is 0.412 e. The molecule has 196 valence electrons. The number of halogens is 4. The van der Waals surface area contributed by atoms with Crippen LogP contribution in [0.5, 0.6) is 0 Å². The number of rotatable bonds is 9. The van der Waals surface area contributed by atoms with Gasteiger partial charge in [-0.15, -0.1) is 0 Å². The fourth-order valence-electron chi connectivity index (χ4n) is 4.21. The van der Waals surface area contributed by atoms with E-state index in [2.05, 4.69) is 5.32 Å². The molecule has 5 nitrogen and oxygen atoms in total. The normalized spacial score (nSPS) is 12.3. The number of hydrogen-bond acceptors (Lipinski definition) is 3. The summed E-state index contributed by atoms with van der Waals surface area (Å²) in [5.41, 5.74) is 3.02. The molecule has 1 amide bonds. The minimum Gasteiger partial charge on any atom is -0.481 e. The molecule has 0 aliphatic carbocycles. The number of fused-ring (bicyclic) bond motifs is 1. The van der Waals surface area contributed by atoms with Crippen LogP contribution in [0.1, 0.15) is 46.9 Å². The molecule has 9 heteroatoms. The van der Waals surface area contributed by atoms with Gasteiger partial charge in [-0.1, -0.05) is 54.1 Å². The first-order valence-electron chi connectivity index (χ1n) is 12.0. The van der Waals surface area contributed by atoms with E-state index in [9.17, 15) is 22.8 Å². The predicted molar refractivity (Wildman–Crippen MR) is 140 cm³/mol. The maximum atomic E-state index is 13.8. The van der Waals surface area contributed by atoms with E-state index in [-0.39, 0.29) is 17.5 Å². The standard InChI is InChI=1S/C29H24ClF3N2O3/c30-22-13-10-19(11-14-22)27(29(31,32)33)35-28(38)20-12-15-24-21(16-20)17-23(18-6-2-1-3-7-18)25(34-24)8-4-5-9-26(36)37/h1-3,6-7,10-17,27H,4-5,8-9H2,(H,35,38)(H,36,37). The monoisotopic (exact) mass is 540 g/mol. The molecule has 0 aliphatic heterocycles. The topological polar surface area (TPSA) is 79.3 Å². The number of pyridine rings is 1. The Hall–Kier alpha value is -3.91. The molecule has 1 unspecified atom stereocenters. The summed E-state index contributed by atoms with van der Waals surface area (Å²) in [6, 6.07) is 18.8. The summed E-state index contributed by atoms with van der Waals surface area (Å²) in [6.45, 7) is 0. The van der Waals surface area contributed by atoms with Crippen LogP contribution in [-0.4, -0.2) is 28.1 Å². The van der Waals surface area contributed by atoms with Gasteiger partial charge in [0, 0.05) is 33.7 Å². The molecule has 0 aliphatic rings. The number of aryl methyl sites for hydroxylation is 1. The summed E-state index contributed by atoms with van der Waals surface area (Å²) in [7, 11) is 0. The Bertz CT molecular complexity index is 1440. The van der Waals surface area contributed by atoms with Gasteiger partial charge >= 0.3 is 12.1 Å². The highest BCUT2D eigenvalue weighted by Gasteiger charge is 2.42. The van der Waals surface area contributed by atoms with Crippen molar-refractivity contribution in [3.05, 3.63) is 101 Å². The van der Waals surface area contributed by atoms with Crippen molar-refractivity contribution in [1.82, 2.24) is 10.3 Å². The number of nitrogens with zero attached hydrogens (tertiary/aromatic N) is 1. The highest BCUT2D eigenvalue weighted by atomic mass is 35.5. The molecule has 4 aromatic rings. The summed E-state index contributed by atoms with van der Waals surface area (Å²) in [6.07, 6.45) is -2.94. The minimum atomic E-state index is -4.71. The minimum absolute atomic E-state index is 0.0655. The second-order valence-corrected chi connectivity index (χ2v) is 9.29. The Kier molecular flexibility index (Phi) is 8.32. The van der Waals surface area contributed by atoms with Gasteiger partial charge < -0.3 is 10.4 Å². The molecule has 1 heterocycles. The molecule has 0 fully saturated rings. The number of aromatic nitrogens is 1. The van der Waals surface area contributed by atoms with Crippen LogP contribution in [0, 0.1) is 0 Å². The van der Waals surface area contributed by atoms with Crippen LogP contribution >= 0.6 is 11.6 Å². The van der Waals surface area contributed by atoms with E-state index in [0.717, 1.165) is 16.8 Å². The first-order chi connectivity index (χ1) is 18.1. The lowest BCUT2D eigenvalue weighted by Gasteiger charge is -2.22. The van der Waals surface area contributed by atoms with Crippen molar-refractivity contribution in [2.45, 2.75) is 37.9 Å². The maximum Gasteiger partial charge on any atom is 0.412 e. The second-order valence-electron chi connectivity index (χ2n) is 8.86. The number of alkyl halides is 3. The third-order valence-corrected chi connectivity index (χ3v) is 6.35. The van der Waals surface area contributed by atoms with E-state index in [4.69, 9.17) is 21.7 Å². The maximum absolute atomic E-state index is 13.8. The number of benzene rings is 3. The lowest BCUT2D eigenvalue weighted by Crippen LogP contribution is -2.38. The molecule has 4 rings (SSSR count). The lowest BCUT2D eigenvalue weighted by molar-refractivity contribution is -0.155. The van der Waals surface area contributed by atoms with E-state index in [0.29, 0.717) is 35.2 Å². The Morgan fingerprint density at radius 1 is 0.947 bits per heavy atom.